The lowest BCUT2D eigenvalue weighted by atomic mass is 9.94. The van der Waals surface area contributed by atoms with Gasteiger partial charge in [-0.15, -0.1) is 0 Å². The maximum atomic E-state index is 12.7. The number of benzene rings is 1. The molecule has 7 nitrogen and oxygen atoms in total. The second kappa shape index (κ2) is 9.89. The number of H-pyrrole nitrogens is 1. The van der Waals surface area contributed by atoms with Crippen LogP contribution in [0.2, 0.25) is 0 Å². The van der Waals surface area contributed by atoms with E-state index < -0.39 is 0 Å². The highest BCUT2D eigenvalue weighted by atomic mass is 16.5. The largest absolute Gasteiger partial charge is 0.378 e. The molecule has 2 fully saturated rings. The second-order valence-corrected chi connectivity index (χ2v) is 8.13. The molecule has 2 aliphatic heterocycles. The highest BCUT2D eigenvalue weighted by molar-refractivity contribution is 5.92. The van der Waals surface area contributed by atoms with Crippen molar-refractivity contribution in [1.29, 1.82) is 0 Å². The highest BCUT2D eigenvalue weighted by Crippen LogP contribution is 2.27. The van der Waals surface area contributed by atoms with Gasteiger partial charge in [0.15, 0.2) is 0 Å². The Morgan fingerprint density at radius 2 is 1.90 bits per heavy atom. The predicted octanol–water partition coefficient (Wildman–Crippen LogP) is 2.61. The van der Waals surface area contributed by atoms with Crippen molar-refractivity contribution in [2.45, 2.75) is 38.0 Å². The van der Waals surface area contributed by atoms with Crippen LogP contribution in [0.3, 0.4) is 0 Å². The fraction of sp³-hybridized carbons (Fsp3) is 0.522. The Bertz CT molecular complexity index is 845. The third kappa shape index (κ3) is 5.08. The Balaban J connectivity index is 1.29. The number of hydrogen-bond acceptors (Lipinski definition) is 4. The molecular weight excluding hydrogens is 380 g/mol. The number of hydrogen-bond donors (Lipinski definition) is 1. The number of amides is 2. The molecule has 0 saturated carbocycles. The van der Waals surface area contributed by atoms with Gasteiger partial charge in [0, 0.05) is 44.2 Å². The molecule has 1 aromatic carbocycles. The van der Waals surface area contributed by atoms with Crippen LogP contribution in [0, 0.1) is 0 Å². The molecule has 2 aliphatic rings. The fourth-order valence-corrected chi connectivity index (χ4v) is 4.29. The lowest BCUT2D eigenvalue weighted by Gasteiger charge is -2.32. The molecule has 1 aromatic heterocycles. The molecule has 0 aliphatic carbocycles. The summed E-state index contributed by atoms with van der Waals surface area (Å²) in [5.41, 5.74) is 2.68. The lowest BCUT2D eigenvalue weighted by Crippen LogP contribution is -2.40. The number of carbonyl (C=O) groups is 2. The van der Waals surface area contributed by atoms with Crippen LogP contribution < -0.4 is 0 Å². The summed E-state index contributed by atoms with van der Waals surface area (Å²) in [5.74, 6) is 0.376. The molecule has 1 atom stereocenters. The van der Waals surface area contributed by atoms with Crippen LogP contribution in [0.1, 0.15) is 53.3 Å². The third-order valence-corrected chi connectivity index (χ3v) is 6.03. The molecule has 0 spiro atoms. The number of morpholine rings is 1. The molecule has 1 unspecified atom stereocenters. The van der Waals surface area contributed by atoms with Gasteiger partial charge in [-0.1, -0.05) is 30.3 Å². The summed E-state index contributed by atoms with van der Waals surface area (Å²) < 4.78 is 5.31. The first-order valence-electron chi connectivity index (χ1n) is 10.9. The fourth-order valence-electron chi connectivity index (χ4n) is 4.29. The van der Waals surface area contributed by atoms with Crippen molar-refractivity contribution in [3.05, 3.63) is 53.3 Å². The zero-order valence-corrected chi connectivity index (χ0v) is 17.4. The van der Waals surface area contributed by atoms with E-state index in [4.69, 9.17) is 4.74 Å². The van der Waals surface area contributed by atoms with E-state index in [0.717, 1.165) is 37.9 Å². The van der Waals surface area contributed by atoms with E-state index in [1.165, 1.54) is 5.56 Å². The number of likely N-dealkylation sites (tertiary alicyclic amines) is 1. The van der Waals surface area contributed by atoms with Crippen molar-refractivity contribution < 1.29 is 14.3 Å². The zero-order chi connectivity index (χ0) is 20.8. The molecule has 2 saturated heterocycles. The van der Waals surface area contributed by atoms with Crippen molar-refractivity contribution in [2.24, 2.45) is 0 Å². The number of piperidine rings is 1. The van der Waals surface area contributed by atoms with Gasteiger partial charge < -0.3 is 14.5 Å². The summed E-state index contributed by atoms with van der Waals surface area (Å²) in [7, 11) is 0. The summed E-state index contributed by atoms with van der Waals surface area (Å²) in [4.78, 5) is 29.1. The monoisotopic (exact) mass is 410 g/mol. The predicted molar refractivity (Wildman–Crippen MR) is 113 cm³/mol. The number of nitrogens with one attached hydrogen (secondary N) is 1. The minimum atomic E-state index is -0.0505. The maximum absolute atomic E-state index is 12.7. The molecule has 160 valence electrons. The van der Waals surface area contributed by atoms with Crippen molar-refractivity contribution in [3.63, 3.8) is 0 Å². The number of aromatic nitrogens is 2. The van der Waals surface area contributed by atoms with Gasteiger partial charge in [-0.2, -0.15) is 5.10 Å². The van der Waals surface area contributed by atoms with Crippen LogP contribution in [0.4, 0.5) is 0 Å². The third-order valence-electron chi connectivity index (χ3n) is 6.03. The number of aryl methyl sites for hydroxylation is 1. The molecular formula is C23H30N4O3. The minimum absolute atomic E-state index is 0.0505. The first-order valence-corrected chi connectivity index (χ1v) is 10.9. The van der Waals surface area contributed by atoms with Gasteiger partial charge in [-0.05, 0) is 37.3 Å². The van der Waals surface area contributed by atoms with Crippen molar-refractivity contribution in [1.82, 2.24) is 20.0 Å². The van der Waals surface area contributed by atoms with Gasteiger partial charge in [0.05, 0.1) is 13.2 Å². The van der Waals surface area contributed by atoms with Crippen molar-refractivity contribution in [3.8, 4) is 0 Å². The van der Waals surface area contributed by atoms with Gasteiger partial charge in [0.1, 0.15) is 5.69 Å². The number of rotatable bonds is 6. The summed E-state index contributed by atoms with van der Waals surface area (Å²) in [6.45, 7) is 3.87. The first kappa shape index (κ1) is 20.6. The summed E-state index contributed by atoms with van der Waals surface area (Å²) >= 11 is 0. The Morgan fingerprint density at radius 3 is 2.70 bits per heavy atom. The van der Waals surface area contributed by atoms with Crippen LogP contribution in [0.25, 0.3) is 0 Å². The molecule has 4 rings (SSSR count). The standard InChI is InChI=1S/C23H30N4O3/c28-22(10-4-8-18-6-2-1-3-7-18)27-11-5-9-19(17-27)20-16-21(25-24-20)23(29)26-12-14-30-15-13-26/h1-3,6-7,16,19H,4-5,8-15,17H2,(H,24,25). The Hall–Kier alpha value is -2.67. The van der Waals surface area contributed by atoms with Crippen molar-refractivity contribution in [2.75, 3.05) is 39.4 Å². The van der Waals surface area contributed by atoms with Crippen LogP contribution in [-0.2, 0) is 16.0 Å². The van der Waals surface area contributed by atoms with Crippen LogP contribution in [0.5, 0.6) is 0 Å². The van der Waals surface area contributed by atoms with E-state index in [-0.39, 0.29) is 17.7 Å². The minimum Gasteiger partial charge on any atom is -0.378 e. The zero-order valence-electron chi connectivity index (χ0n) is 17.4. The SMILES string of the molecule is O=C(CCCc1ccccc1)N1CCCC(c2cc(C(=O)N3CCOCC3)n[nH]2)C1. The van der Waals surface area contributed by atoms with E-state index in [1.54, 1.807) is 4.90 Å². The summed E-state index contributed by atoms with van der Waals surface area (Å²) in [6.07, 6.45) is 4.34. The van der Waals surface area contributed by atoms with E-state index in [0.29, 0.717) is 45.0 Å². The number of carbonyl (C=O) groups excluding carboxylic acids is 2. The number of aromatic amines is 1. The second-order valence-electron chi connectivity index (χ2n) is 8.13. The normalized spacial score (nSPS) is 19.7. The highest BCUT2D eigenvalue weighted by Gasteiger charge is 2.27. The number of ether oxygens (including phenoxy) is 1. The maximum Gasteiger partial charge on any atom is 0.274 e. The topological polar surface area (TPSA) is 78.5 Å². The molecule has 2 aromatic rings. The van der Waals surface area contributed by atoms with E-state index in [9.17, 15) is 9.59 Å². The van der Waals surface area contributed by atoms with E-state index in [1.807, 2.05) is 29.2 Å². The molecule has 3 heterocycles. The van der Waals surface area contributed by atoms with E-state index in [2.05, 4.69) is 22.3 Å². The van der Waals surface area contributed by atoms with Gasteiger partial charge in [0.2, 0.25) is 5.91 Å². The van der Waals surface area contributed by atoms with Crippen LogP contribution >= 0.6 is 0 Å². The summed E-state index contributed by atoms with van der Waals surface area (Å²) in [6, 6.07) is 12.2. The average Bonchev–Trinajstić information content (AvgIpc) is 3.30. The Morgan fingerprint density at radius 1 is 1.10 bits per heavy atom. The molecule has 7 heteroatoms. The Kier molecular flexibility index (Phi) is 6.79. The lowest BCUT2D eigenvalue weighted by molar-refractivity contribution is -0.132. The molecule has 1 N–H and O–H groups in total. The van der Waals surface area contributed by atoms with E-state index >= 15 is 0 Å². The first-order chi connectivity index (χ1) is 14.7. The molecule has 0 radical (unpaired) electrons. The Labute approximate surface area is 177 Å². The average molecular weight is 411 g/mol. The van der Waals surface area contributed by atoms with Gasteiger partial charge in [0.25, 0.3) is 5.91 Å². The van der Waals surface area contributed by atoms with Crippen LogP contribution in [-0.4, -0.2) is 71.2 Å². The summed E-state index contributed by atoms with van der Waals surface area (Å²) in [5, 5.41) is 7.31. The quantitative estimate of drug-likeness (QED) is 0.794. The van der Waals surface area contributed by atoms with Gasteiger partial charge in [-0.25, -0.2) is 0 Å². The van der Waals surface area contributed by atoms with Crippen LogP contribution in [0.15, 0.2) is 36.4 Å². The smallest absolute Gasteiger partial charge is 0.274 e. The van der Waals surface area contributed by atoms with Gasteiger partial charge in [-0.3, -0.25) is 14.7 Å². The van der Waals surface area contributed by atoms with Crippen molar-refractivity contribution >= 4 is 11.8 Å². The molecule has 0 bridgehead atoms. The molecule has 30 heavy (non-hydrogen) atoms. The van der Waals surface area contributed by atoms with Gasteiger partial charge >= 0.3 is 0 Å². The number of nitrogens with zero attached hydrogens (tertiary/aromatic N) is 3. The molecule has 2 amide bonds.